The Morgan fingerprint density at radius 1 is 1.41 bits per heavy atom. The quantitative estimate of drug-likeness (QED) is 0.850. The highest BCUT2D eigenvalue weighted by atomic mass is 35.5. The van der Waals surface area contributed by atoms with E-state index < -0.39 is 11.5 Å². The Morgan fingerprint density at radius 2 is 2.24 bits per heavy atom. The van der Waals surface area contributed by atoms with E-state index in [4.69, 9.17) is 11.6 Å². The normalized spacial score (nSPS) is 9.94. The van der Waals surface area contributed by atoms with Crippen molar-refractivity contribution >= 4 is 23.2 Å². The van der Waals surface area contributed by atoms with Crippen LogP contribution in [0.4, 0.5) is 5.69 Å². The van der Waals surface area contributed by atoms with Crippen LogP contribution < -0.4 is 10.9 Å². The van der Waals surface area contributed by atoms with E-state index in [0.717, 1.165) is 0 Å². The monoisotopic (exact) mass is 249 g/mol. The molecule has 86 valence electrons. The number of aromatic nitrogens is 2. The number of carbonyl (C=O) groups is 1. The molecule has 0 aliphatic carbocycles. The molecule has 1 amide bonds. The highest BCUT2D eigenvalue weighted by Gasteiger charge is 2.10. The molecule has 0 spiro atoms. The Kier molecular flexibility index (Phi) is 3.20. The SMILES string of the molecule is O=C(Nc1cccc(Cl)c1)c1cnc[nH]c1=O. The smallest absolute Gasteiger partial charge is 0.263 e. The molecule has 0 saturated heterocycles. The van der Waals surface area contributed by atoms with Gasteiger partial charge in [-0.05, 0) is 18.2 Å². The van der Waals surface area contributed by atoms with Gasteiger partial charge < -0.3 is 10.3 Å². The van der Waals surface area contributed by atoms with Crippen LogP contribution in [0.2, 0.25) is 5.02 Å². The van der Waals surface area contributed by atoms with Crippen LogP contribution in [-0.2, 0) is 0 Å². The minimum Gasteiger partial charge on any atom is -0.322 e. The lowest BCUT2D eigenvalue weighted by atomic mass is 10.2. The van der Waals surface area contributed by atoms with Gasteiger partial charge in [-0.25, -0.2) is 4.98 Å². The maximum absolute atomic E-state index is 11.7. The molecular weight excluding hydrogens is 242 g/mol. The maximum Gasteiger partial charge on any atom is 0.263 e. The zero-order valence-corrected chi connectivity index (χ0v) is 9.36. The summed E-state index contributed by atoms with van der Waals surface area (Å²) in [5, 5.41) is 3.06. The van der Waals surface area contributed by atoms with E-state index >= 15 is 0 Å². The van der Waals surface area contributed by atoms with Gasteiger partial charge in [0.25, 0.3) is 11.5 Å². The zero-order chi connectivity index (χ0) is 12.3. The van der Waals surface area contributed by atoms with Crippen LogP contribution in [0.15, 0.2) is 41.6 Å². The van der Waals surface area contributed by atoms with E-state index in [1.54, 1.807) is 24.3 Å². The van der Waals surface area contributed by atoms with Crippen molar-refractivity contribution in [3.63, 3.8) is 0 Å². The topological polar surface area (TPSA) is 74.8 Å². The van der Waals surface area contributed by atoms with Gasteiger partial charge >= 0.3 is 0 Å². The minimum absolute atomic E-state index is 0.0486. The van der Waals surface area contributed by atoms with Gasteiger partial charge in [0.2, 0.25) is 0 Å². The summed E-state index contributed by atoms with van der Waals surface area (Å²) in [4.78, 5) is 29.1. The molecule has 1 aromatic heterocycles. The molecule has 0 unspecified atom stereocenters. The molecule has 1 heterocycles. The number of hydrogen-bond acceptors (Lipinski definition) is 3. The molecule has 2 N–H and O–H groups in total. The fourth-order valence-corrected chi connectivity index (χ4v) is 1.46. The van der Waals surface area contributed by atoms with Gasteiger partial charge in [0, 0.05) is 16.9 Å². The summed E-state index contributed by atoms with van der Waals surface area (Å²) in [6.45, 7) is 0. The fourth-order valence-electron chi connectivity index (χ4n) is 1.27. The number of nitrogens with zero attached hydrogens (tertiary/aromatic N) is 1. The number of aromatic amines is 1. The first-order valence-electron chi connectivity index (χ1n) is 4.76. The van der Waals surface area contributed by atoms with Crippen LogP contribution in [0.1, 0.15) is 10.4 Å². The summed E-state index contributed by atoms with van der Waals surface area (Å²) in [6.07, 6.45) is 2.43. The van der Waals surface area contributed by atoms with Crippen LogP contribution in [0.5, 0.6) is 0 Å². The average Bonchev–Trinajstić information content (AvgIpc) is 2.29. The molecule has 0 fully saturated rings. The Hall–Kier alpha value is -2.14. The second-order valence-electron chi connectivity index (χ2n) is 3.26. The van der Waals surface area contributed by atoms with Gasteiger partial charge in [-0.2, -0.15) is 0 Å². The first-order valence-corrected chi connectivity index (χ1v) is 5.14. The number of carbonyl (C=O) groups excluding carboxylic acids is 1. The van der Waals surface area contributed by atoms with Gasteiger partial charge in [0.05, 0.1) is 6.33 Å². The molecule has 6 heteroatoms. The molecule has 17 heavy (non-hydrogen) atoms. The van der Waals surface area contributed by atoms with E-state index in [1.807, 2.05) is 0 Å². The standard InChI is InChI=1S/C11H8ClN3O2/c12-7-2-1-3-8(4-7)15-11(17)9-5-13-6-14-10(9)16/h1-6H,(H,15,17)(H,13,14,16). The van der Waals surface area contributed by atoms with Crippen molar-refractivity contribution in [2.45, 2.75) is 0 Å². The Balaban J connectivity index is 2.23. The minimum atomic E-state index is -0.526. The number of rotatable bonds is 2. The Morgan fingerprint density at radius 3 is 2.94 bits per heavy atom. The maximum atomic E-state index is 11.7. The number of H-pyrrole nitrogens is 1. The van der Waals surface area contributed by atoms with Crippen molar-refractivity contribution in [1.82, 2.24) is 9.97 Å². The molecule has 0 saturated carbocycles. The number of anilines is 1. The van der Waals surface area contributed by atoms with Gasteiger partial charge in [0.1, 0.15) is 5.56 Å². The number of nitrogens with one attached hydrogen (secondary N) is 2. The van der Waals surface area contributed by atoms with Gasteiger partial charge in [-0.3, -0.25) is 9.59 Å². The first-order chi connectivity index (χ1) is 8.16. The lowest BCUT2D eigenvalue weighted by Gasteiger charge is -2.04. The molecule has 2 aromatic rings. The van der Waals surface area contributed by atoms with Crippen molar-refractivity contribution in [3.05, 3.63) is 57.7 Å². The van der Waals surface area contributed by atoms with Crippen LogP contribution in [0.25, 0.3) is 0 Å². The van der Waals surface area contributed by atoms with Crippen molar-refractivity contribution in [2.24, 2.45) is 0 Å². The molecule has 0 bridgehead atoms. The number of halogens is 1. The van der Waals surface area contributed by atoms with E-state index in [-0.39, 0.29) is 5.56 Å². The molecule has 2 rings (SSSR count). The van der Waals surface area contributed by atoms with E-state index in [2.05, 4.69) is 15.3 Å². The summed E-state index contributed by atoms with van der Waals surface area (Å²) in [5.74, 6) is -0.526. The second kappa shape index (κ2) is 4.80. The third kappa shape index (κ3) is 2.70. The highest BCUT2D eigenvalue weighted by Crippen LogP contribution is 2.15. The number of hydrogen-bond donors (Lipinski definition) is 2. The lowest BCUT2D eigenvalue weighted by Crippen LogP contribution is -2.23. The molecule has 0 atom stereocenters. The van der Waals surface area contributed by atoms with Gasteiger partial charge in [0.15, 0.2) is 0 Å². The summed E-state index contributed by atoms with van der Waals surface area (Å²) in [5.41, 5.74) is -0.0160. The summed E-state index contributed by atoms with van der Waals surface area (Å²) in [6, 6.07) is 6.65. The molecule has 0 aliphatic rings. The van der Waals surface area contributed by atoms with Crippen LogP contribution in [0, 0.1) is 0 Å². The van der Waals surface area contributed by atoms with E-state index in [0.29, 0.717) is 10.7 Å². The average molecular weight is 250 g/mol. The third-order valence-electron chi connectivity index (χ3n) is 2.05. The first kappa shape index (κ1) is 11.3. The Bertz CT molecular complexity index is 609. The lowest BCUT2D eigenvalue weighted by molar-refractivity contribution is 0.102. The number of benzene rings is 1. The molecule has 5 nitrogen and oxygen atoms in total. The van der Waals surface area contributed by atoms with Crippen molar-refractivity contribution in [3.8, 4) is 0 Å². The van der Waals surface area contributed by atoms with E-state index in [9.17, 15) is 9.59 Å². The van der Waals surface area contributed by atoms with Crippen molar-refractivity contribution < 1.29 is 4.79 Å². The summed E-state index contributed by atoms with van der Waals surface area (Å²) < 4.78 is 0. The van der Waals surface area contributed by atoms with E-state index in [1.165, 1.54) is 12.5 Å². The van der Waals surface area contributed by atoms with Gasteiger partial charge in [-0.1, -0.05) is 17.7 Å². The van der Waals surface area contributed by atoms with Crippen LogP contribution >= 0.6 is 11.6 Å². The zero-order valence-electron chi connectivity index (χ0n) is 8.61. The summed E-state index contributed by atoms with van der Waals surface area (Å²) >= 11 is 5.77. The largest absolute Gasteiger partial charge is 0.322 e. The number of amides is 1. The van der Waals surface area contributed by atoms with Crippen molar-refractivity contribution in [1.29, 1.82) is 0 Å². The fraction of sp³-hybridized carbons (Fsp3) is 0. The molecule has 1 aromatic carbocycles. The van der Waals surface area contributed by atoms with Gasteiger partial charge in [-0.15, -0.1) is 0 Å². The van der Waals surface area contributed by atoms with Crippen molar-refractivity contribution in [2.75, 3.05) is 5.32 Å². The summed E-state index contributed by atoms with van der Waals surface area (Å²) in [7, 11) is 0. The van der Waals surface area contributed by atoms with Crippen LogP contribution in [-0.4, -0.2) is 15.9 Å². The molecular formula is C11H8ClN3O2. The predicted octanol–water partition coefficient (Wildman–Crippen LogP) is 1.68. The Labute approximate surface area is 101 Å². The van der Waals surface area contributed by atoms with Crippen LogP contribution in [0.3, 0.4) is 0 Å². The second-order valence-corrected chi connectivity index (χ2v) is 3.70. The third-order valence-corrected chi connectivity index (χ3v) is 2.28. The highest BCUT2D eigenvalue weighted by molar-refractivity contribution is 6.30. The molecule has 0 aliphatic heterocycles. The predicted molar refractivity (Wildman–Crippen MR) is 64.3 cm³/mol. The molecule has 0 radical (unpaired) electrons.